The molecule has 1 atom stereocenters. The molecule has 0 amide bonds. The molecule has 1 aromatic rings. The summed E-state index contributed by atoms with van der Waals surface area (Å²) in [6.07, 6.45) is 16.6. The lowest BCUT2D eigenvalue weighted by atomic mass is 9.84. The average Bonchev–Trinajstić information content (AvgIpc) is 2.99. The maximum absolute atomic E-state index is 5.55. The molecule has 3 rings (SSSR count). The second-order valence-electron chi connectivity index (χ2n) is 6.55. The van der Waals surface area contributed by atoms with Gasteiger partial charge in [0.15, 0.2) is 11.5 Å². The van der Waals surface area contributed by atoms with Crippen LogP contribution in [0.3, 0.4) is 0 Å². The highest BCUT2D eigenvalue weighted by Gasteiger charge is 2.22. The van der Waals surface area contributed by atoms with E-state index < -0.39 is 0 Å². The van der Waals surface area contributed by atoms with Crippen molar-refractivity contribution in [1.29, 1.82) is 0 Å². The zero-order chi connectivity index (χ0) is 15.2. The predicted molar refractivity (Wildman–Crippen MR) is 90.8 cm³/mol. The maximum atomic E-state index is 5.55. The van der Waals surface area contributed by atoms with Gasteiger partial charge in [-0.1, -0.05) is 64.0 Å². The smallest absolute Gasteiger partial charge is 0.231 e. The summed E-state index contributed by atoms with van der Waals surface area (Å²) in [4.78, 5) is 0. The molecule has 0 fully saturated rings. The first kappa shape index (κ1) is 15.5. The van der Waals surface area contributed by atoms with Crippen molar-refractivity contribution in [3.05, 3.63) is 35.4 Å². The molecule has 2 nitrogen and oxygen atoms in total. The highest BCUT2D eigenvalue weighted by Crippen LogP contribution is 2.40. The summed E-state index contributed by atoms with van der Waals surface area (Å²) < 4.78 is 11.0. The fourth-order valence-corrected chi connectivity index (χ4v) is 3.56. The summed E-state index contributed by atoms with van der Waals surface area (Å²) in [6.45, 7) is 2.65. The lowest BCUT2D eigenvalue weighted by molar-refractivity contribution is 0.174. The molecular weight excluding hydrogens is 272 g/mol. The Kier molecular flexibility index (Phi) is 5.42. The first-order chi connectivity index (χ1) is 10.9. The molecule has 120 valence electrons. The number of rotatable bonds is 8. The minimum Gasteiger partial charge on any atom is -0.454 e. The molecule has 0 unspecified atom stereocenters. The molecule has 0 saturated heterocycles. The largest absolute Gasteiger partial charge is 0.454 e. The van der Waals surface area contributed by atoms with Crippen molar-refractivity contribution < 1.29 is 9.47 Å². The quantitative estimate of drug-likeness (QED) is 0.449. The van der Waals surface area contributed by atoms with Crippen LogP contribution in [0, 0.1) is 0 Å². The Labute approximate surface area is 134 Å². The predicted octanol–water partition coefficient (Wildman–Crippen LogP) is 5.75. The van der Waals surface area contributed by atoms with E-state index in [9.17, 15) is 0 Å². The zero-order valence-electron chi connectivity index (χ0n) is 13.8. The summed E-state index contributed by atoms with van der Waals surface area (Å²) in [5.41, 5.74) is 2.87. The Morgan fingerprint density at radius 1 is 0.955 bits per heavy atom. The van der Waals surface area contributed by atoms with Gasteiger partial charge in [0, 0.05) is 5.92 Å². The monoisotopic (exact) mass is 300 g/mol. The topological polar surface area (TPSA) is 18.5 Å². The van der Waals surface area contributed by atoms with E-state index in [4.69, 9.17) is 9.47 Å². The van der Waals surface area contributed by atoms with Gasteiger partial charge in [0.1, 0.15) is 0 Å². The van der Waals surface area contributed by atoms with E-state index in [2.05, 4.69) is 31.2 Å². The van der Waals surface area contributed by atoms with Crippen LogP contribution in [-0.4, -0.2) is 6.79 Å². The van der Waals surface area contributed by atoms with Gasteiger partial charge in [0.05, 0.1) is 0 Å². The Morgan fingerprint density at radius 2 is 1.68 bits per heavy atom. The van der Waals surface area contributed by atoms with E-state index in [1.807, 2.05) is 0 Å². The third-order valence-electron chi connectivity index (χ3n) is 4.86. The SMILES string of the molecule is CCCCCCCCC[C@@H]1C=CCc2cc3c(cc21)OCO3. The third kappa shape index (κ3) is 3.66. The number of unbranched alkanes of at least 4 members (excludes halogenated alkanes) is 6. The van der Waals surface area contributed by atoms with Gasteiger partial charge in [-0.05, 0) is 36.1 Å². The molecule has 0 bridgehead atoms. The van der Waals surface area contributed by atoms with E-state index in [-0.39, 0.29) is 0 Å². The van der Waals surface area contributed by atoms with E-state index in [0.717, 1.165) is 17.9 Å². The molecule has 1 heterocycles. The first-order valence-electron chi connectivity index (χ1n) is 8.97. The fourth-order valence-electron chi connectivity index (χ4n) is 3.56. The minimum absolute atomic E-state index is 0.369. The van der Waals surface area contributed by atoms with Crippen LogP contribution in [0.4, 0.5) is 0 Å². The van der Waals surface area contributed by atoms with Crippen LogP contribution in [0.5, 0.6) is 11.5 Å². The van der Waals surface area contributed by atoms with Crippen molar-refractivity contribution in [2.45, 2.75) is 70.6 Å². The Balaban J connectivity index is 1.51. The van der Waals surface area contributed by atoms with Crippen molar-refractivity contribution in [1.82, 2.24) is 0 Å². The van der Waals surface area contributed by atoms with Crippen LogP contribution < -0.4 is 9.47 Å². The molecule has 0 radical (unpaired) electrons. The van der Waals surface area contributed by atoms with Crippen LogP contribution in [0.1, 0.15) is 75.3 Å². The highest BCUT2D eigenvalue weighted by atomic mass is 16.7. The maximum Gasteiger partial charge on any atom is 0.231 e. The summed E-state index contributed by atoms with van der Waals surface area (Å²) >= 11 is 0. The lowest BCUT2D eigenvalue weighted by Crippen LogP contribution is -2.05. The molecule has 2 heteroatoms. The second kappa shape index (κ2) is 7.71. The Bertz CT molecular complexity index is 519. The molecule has 0 saturated carbocycles. The van der Waals surface area contributed by atoms with Gasteiger partial charge in [-0.25, -0.2) is 0 Å². The Morgan fingerprint density at radius 3 is 2.50 bits per heavy atom. The third-order valence-corrected chi connectivity index (χ3v) is 4.86. The summed E-state index contributed by atoms with van der Waals surface area (Å²) in [6, 6.07) is 4.39. The van der Waals surface area contributed by atoms with Crippen LogP contribution in [-0.2, 0) is 6.42 Å². The lowest BCUT2D eigenvalue weighted by Gasteiger charge is -2.21. The minimum atomic E-state index is 0.369. The number of hydrogen-bond donors (Lipinski definition) is 0. The Hall–Kier alpha value is -1.44. The number of hydrogen-bond acceptors (Lipinski definition) is 2. The number of benzene rings is 1. The highest BCUT2D eigenvalue weighted by molar-refractivity contribution is 5.52. The van der Waals surface area contributed by atoms with Crippen molar-refractivity contribution in [2.24, 2.45) is 0 Å². The molecule has 1 aliphatic heterocycles. The molecule has 22 heavy (non-hydrogen) atoms. The summed E-state index contributed by atoms with van der Waals surface area (Å²) in [7, 11) is 0. The van der Waals surface area contributed by atoms with E-state index in [1.54, 1.807) is 0 Å². The number of ether oxygens (including phenoxy) is 2. The van der Waals surface area contributed by atoms with Crippen molar-refractivity contribution in [3.8, 4) is 11.5 Å². The van der Waals surface area contributed by atoms with Crippen LogP contribution in [0.25, 0.3) is 0 Å². The zero-order valence-corrected chi connectivity index (χ0v) is 13.8. The van der Waals surface area contributed by atoms with Crippen molar-refractivity contribution in [2.75, 3.05) is 6.79 Å². The van der Waals surface area contributed by atoms with Crippen LogP contribution in [0.15, 0.2) is 24.3 Å². The first-order valence-corrected chi connectivity index (χ1v) is 8.97. The van der Waals surface area contributed by atoms with E-state index >= 15 is 0 Å². The standard InChI is InChI=1S/C20H28O2/c1-2-3-4-5-6-7-8-10-16-11-9-12-17-13-19-20(14-18(16)17)22-15-21-19/h9,11,13-14,16H,2-8,10,12,15H2,1H3/t16-/m1/s1. The molecular formula is C20H28O2. The van der Waals surface area contributed by atoms with Gasteiger partial charge in [-0.15, -0.1) is 0 Å². The normalized spacial score (nSPS) is 18.5. The fraction of sp³-hybridized carbons (Fsp3) is 0.600. The van der Waals surface area contributed by atoms with Gasteiger partial charge in [0.25, 0.3) is 0 Å². The molecule has 0 aromatic heterocycles. The number of allylic oxidation sites excluding steroid dienone is 2. The van der Waals surface area contributed by atoms with Crippen molar-refractivity contribution >= 4 is 0 Å². The molecule has 1 aliphatic carbocycles. The molecule has 0 N–H and O–H groups in total. The molecule has 0 spiro atoms. The van der Waals surface area contributed by atoms with Gasteiger partial charge in [0.2, 0.25) is 6.79 Å². The molecule has 1 aromatic carbocycles. The second-order valence-corrected chi connectivity index (χ2v) is 6.55. The van der Waals surface area contributed by atoms with E-state index in [0.29, 0.717) is 12.7 Å². The summed E-state index contributed by atoms with van der Waals surface area (Å²) in [5, 5.41) is 0. The van der Waals surface area contributed by atoms with Gasteiger partial charge >= 0.3 is 0 Å². The van der Waals surface area contributed by atoms with Crippen molar-refractivity contribution in [3.63, 3.8) is 0 Å². The van der Waals surface area contributed by atoms with Crippen LogP contribution >= 0.6 is 0 Å². The summed E-state index contributed by atoms with van der Waals surface area (Å²) in [5.74, 6) is 2.41. The number of fused-ring (bicyclic) bond motifs is 2. The van der Waals surface area contributed by atoms with Gasteiger partial charge in [-0.2, -0.15) is 0 Å². The average molecular weight is 300 g/mol. The van der Waals surface area contributed by atoms with Gasteiger partial charge < -0.3 is 9.47 Å². The van der Waals surface area contributed by atoms with Crippen LogP contribution in [0.2, 0.25) is 0 Å². The molecule has 2 aliphatic rings. The van der Waals surface area contributed by atoms with Gasteiger partial charge in [-0.3, -0.25) is 0 Å². The van der Waals surface area contributed by atoms with E-state index in [1.165, 1.54) is 62.5 Å².